The monoisotopic (exact) mass is 313 g/mol. The first-order valence-corrected chi connectivity index (χ1v) is 7.30. The number of nitrogens with zero attached hydrogens (tertiary/aromatic N) is 2. The van der Waals surface area contributed by atoms with Crippen molar-refractivity contribution in [3.8, 4) is 0 Å². The Hall–Kier alpha value is -2.33. The number of nitrogens with one attached hydrogen (secondary N) is 1. The van der Waals surface area contributed by atoms with Crippen LogP contribution in [0.25, 0.3) is 6.08 Å². The summed E-state index contributed by atoms with van der Waals surface area (Å²) in [6, 6.07) is 5.83. The first-order chi connectivity index (χ1) is 10.6. The number of aryl methyl sites for hydroxylation is 2. The molecule has 0 saturated heterocycles. The molecule has 22 heavy (non-hydrogen) atoms. The molecule has 0 atom stereocenters. The second kappa shape index (κ2) is 5.81. The van der Waals surface area contributed by atoms with Crippen molar-refractivity contribution in [2.45, 2.75) is 13.8 Å². The topological polar surface area (TPSA) is 50.3 Å². The summed E-state index contributed by atoms with van der Waals surface area (Å²) in [5, 5.41) is 0.432. The van der Waals surface area contributed by atoms with Gasteiger partial charge in [-0.15, -0.1) is 0 Å². The number of aromatic amines is 1. The summed E-state index contributed by atoms with van der Waals surface area (Å²) in [7, 11) is 1.63. The van der Waals surface area contributed by atoms with Gasteiger partial charge in [-0.3, -0.25) is 0 Å². The molecule has 0 radical (unpaired) electrons. The molecular weight excluding hydrogens is 298 g/mol. The lowest BCUT2D eigenvalue weighted by atomic mass is 10.2. The van der Waals surface area contributed by atoms with E-state index in [0.29, 0.717) is 10.9 Å². The quantitative estimate of drug-likeness (QED) is 0.869. The molecule has 2 aromatic heterocycles. The predicted octanol–water partition coefficient (Wildman–Crippen LogP) is 4.05. The second-order valence-electron chi connectivity index (χ2n) is 5.13. The Labute approximate surface area is 134 Å². The number of rotatable bonds is 3. The molecule has 0 amide bonds. The number of ether oxygens (including phenoxy) is 1. The summed E-state index contributed by atoms with van der Waals surface area (Å²) in [6.07, 6.45) is 5.51. The number of hydrogen-bond donors (Lipinski definition) is 1. The smallest absolute Gasteiger partial charge is 0.146 e. The van der Waals surface area contributed by atoms with Crippen LogP contribution in [-0.4, -0.2) is 22.8 Å². The van der Waals surface area contributed by atoms with Crippen LogP contribution >= 0.6 is 11.6 Å². The van der Waals surface area contributed by atoms with Crippen LogP contribution in [0.4, 0.5) is 0 Å². The Morgan fingerprint density at radius 2 is 2.14 bits per heavy atom. The number of methoxy groups -OCH3 is 1. The molecule has 0 bridgehead atoms. The van der Waals surface area contributed by atoms with E-state index in [1.807, 2.05) is 31.2 Å². The van der Waals surface area contributed by atoms with Gasteiger partial charge in [0.15, 0.2) is 0 Å². The normalized spacial score (nSPS) is 15.9. The Morgan fingerprint density at radius 3 is 2.77 bits per heavy atom. The van der Waals surface area contributed by atoms with E-state index in [0.717, 1.165) is 28.4 Å². The maximum Gasteiger partial charge on any atom is 0.146 e. The van der Waals surface area contributed by atoms with Crippen LogP contribution in [0.2, 0.25) is 5.15 Å². The molecule has 0 saturated carbocycles. The van der Waals surface area contributed by atoms with Gasteiger partial charge in [0.05, 0.1) is 12.8 Å². The van der Waals surface area contributed by atoms with E-state index in [1.54, 1.807) is 13.3 Å². The largest absolute Gasteiger partial charge is 0.494 e. The van der Waals surface area contributed by atoms with Crippen LogP contribution in [0.3, 0.4) is 0 Å². The van der Waals surface area contributed by atoms with Crippen LogP contribution in [0.5, 0.6) is 0 Å². The number of aliphatic imine (C=N–C) groups is 1. The summed E-state index contributed by atoms with van der Waals surface area (Å²) < 4.78 is 5.44. The highest BCUT2D eigenvalue weighted by atomic mass is 35.5. The van der Waals surface area contributed by atoms with Crippen molar-refractivity contribution in [3.05, 3.63) is 69.6 Å². The fourth-order valence-electron chi connectivity index (χ4n) is 2.43. The van der Waals surface area contributed by atoms with E-state index in [1.165, 1.54) is 5.56 Å². The van der Waals surface area contributed by atoms with Gasteiger partial charge in [0, 0.05) is 29.2 Å². The molecule has 1 N–H and O–H groups in total. The van der Waals surface area contributed by atoms with Gasteiger partial charge in [-0.25, -0.2) is 9.98 Å². The molecule has 112 valence electrons. The molecule has 2 aromatic rings. The zero-order valence-corrected chi connectivity index (χ0v) is 13.4. The molecule has 0 spiro atoms. The van der Waals surface area contributed by atoms with Crippen molar-refractivity contribution in [3.63, 3.8) is 0 Å². The minimum absolute atomic E-state index is 0.432. The minimum atomic E-state index is 0.432. The molecule has 1 aliphatic rings. The maximum absolute atomic E-state index is 6.14. The average Bonchev–Trinajstić information content (AvgIpc) is 3.03. The Morgan fingerprint density at radius 1 is 1.32 bits per heavy atom. The Bertz CT molecular complexity index is 815. The molecule has 5 heteroatoms. The van der Waals surface area contributed by atoms with E-state index in [-0.39, 0.29) is 0 Å². The lowest BCUT2D eigenvalue weighted by Gasteiger charge is -2.01. The lowest BCUT2D eigenvalue weighted by molar-refractivity contribution is 0.303. The number of H-pyrrole nitrogens is 1. The molecule has 4 nitrogen and oxygen atoms in total. The highest BCUT2D eigenvalue weighted by Crippen LogP contribution is 2.27. The summed E-state index contributed by atoms with van der Waals surface area (Å²) in [5.41, 5.74) is 5.62. The standard InChI is InChI=1S/C17H16ClN3O/c1-10-7-11(2)20-13(10)8-15-16(22-3)9-14(21-15)12-5-4-6-19-17(12)18/h4-9,20H,1-3H3. The van der Waals surface area contributed by atoms with Gasteiger partial charge in [-0.05, 0) is 43.7 Å². The van der Waals surface area contributed by atoms with Gasteiger partial charge in [0.25, 0.3) is 0 Å². The van der Waals surface area contributed by atoms with Crippen LogP contribution in [0.1, 0.15) is 22.5 Å². The fourth-order valence-corrected chi connectivity index (χ4v) is 2.65. The number of pyridine rings is 1. The van der Waals surface area contributed by atoms with E-state index < -0.39 is 0 Å². The van der Waals surface area contributed by atoms with Crippen LogP contribution < -0.4 is 0 Å². The summed E-state index contributed by atoms with van der Waals surface area (Å²) >= 11 is 6.14. The van der Waals surface area contributed by atoms with Crippen LogP contribution in [-0.2, 0) is 4.74 Å². The van der Waals surface area contributed by atoms with Crippen molar-refractivity contribution < 1.29 is 4.74 Å². The lowest BCUT2D eigenvalue weighted by Crippen LogP contribution is -1.96. The number of hydrogen-bond acceptors (Lipinski definition) is 3. The van der Waals surface area contributed by atoms with Gasteiger partial charge in [-0.1, -0.05) is 11.6 Å². The fraction of sp³-hybridized carbons (Fsp3) is 0.176. The molecular formula is C17H16ClN3O. The SMILES string of the molecule is COC1=CC(c2cccnc2Cl)=NC1=Cc1[nH]c(C)cc1C. The molecule has 0 aliphatic carbocycles. The van der Waals surface area contributed by atoms with Gasteiger partial charge in [0.1, 0.15) is 16.6 Å². The zero-order chi connectivity index (χ0) is 15.7. The first-order valence-electron chi connectivity index (χ1n) is 6.92. The third kappa shape index (κ3) is 2.70. The van der Waals surface area contributed by atoms with Gasteiger partial charge in [0.2, 0.25) is 0 Å². The number of halogens is 1. The highest BCUT2D eigenvalue weighted by Gasteiger charge is 2.19. The average molecular weight is 314 g/mol. The van der Waals surface area contributed by atoms with Crippen molar-refractivity contribution in [1.29, 1.82) is 0 Å². The third-order valence-electron chi connectivity index (χ3n) is 3.49. The molecule has 0 fully saturated rings. The Balaban J connectivity index is 2.04. The number of allylic oxidation sites excluding steroid dienone is 1. The van der Waals surface area contributed by atoms with E-state index in [2.05, 4.69) is 28.0 Å². The summed E-state index contributed by atoms with van der Waals surface area (Å²) in [4.78, 5) is 12.0. The van der Waals surface area contributed by atoms with Crippen molar-refractivity contribution in [1.82, 2.24) is 9.97 Å². The zero-order valence-electron chi connectivity index (χ0n) is 12.6. The molecule has 3 heterocycles. The van der Waals surface area contributed by atoms with Crippen LogP contribution in [0, 0.1) is 13.8 Å². The summed E-state index contributed by atoms with van der Waals surface area (Å²) in [6.45, 7) is 4.09. The van der Waals surface area contributed by atoms with Crippen molar-refractivity contribution in [2.75, 3.05) is 7.11 Å². The highest BCUT2D eigenvalue weighted by molar-refractivity contribution is 6.34. The molecule has 1 aliphatic heterocycles. The Kier molecular flexibility index (Phi) is 3.86. The molecule has 0 aromatic carbocycles. The van der Waals surface area contributed by atoms with Crippen molar-refractivity contribution >= 4 is 23.4 Å². The van der Waals surface area contributed by atoms with E-state index in [4.69, 9.17) is 16.3 Å². The number of aromatic nitrogens is 2. The predicted molar refractivity (Wildman–Crippen MR) is 89.1 cm³/mol. The van der Waals surface area contributed by atoms with Gasteiger partial charge < -0.3 is 9.72 Å². The van der Waals surface area contributed by atoms with E-state index in [9.17, 15) is 0 Å². The second-order valence-corrected chi connectivity index (χ2v) is 5.49. The van der Waals surface area contributed by atoms with Crippen molar-refractivity contribution in [2.24, 2.45) is 4.99 Å². The molecule has 3 rings (SSSR count). The maximum atomic E-state index is 6.14. The third-order valence-corrected chi connectivity index (χ3v) is 3.79. The minimum Gasteiger partial charge on any atom is -0.494 e. The van der Waals surface area contributed by atoms with Gasteiger partial charge in [-0.2, -0.15) is 0 Å². The first kappa shape index (κ1) is 14.6. The van der Waals surface area contributed by atoms with E-state index >= 15 is 0 Å². The van der Waals surface area contributed by atoms with Gasteiger partial charge >= 0.3 is 0 Å². The molecule has 0 unspecified atom stereocenters. The summed E-state index contributed by atoms with van der Waals surface area (Å²) in [5.74, 6) is 0.710. The van der Waals surface area contributed by atoms with Crippen LogP contribution in [0.15, 0.2) is 46.9 Å².